The highest BCUT2D eigenvalue weighted by Gasteiger charge is 2.02. The second kappa shape index (κ2) is 8.40. The van der Waals surface area contributed by atoms with Gasteiger partial charge in [-0.25, -0.2) is 9.97 Å². The predicted octanol–water partition coefficient (Wildman–Crippen LogP) is 4.88. The van der Waals surface area contributed by atoms with Crippen molar-refractivity contribution in [3.05, 3.63) is 65.9 Å². The van der Waals surface area contributed by atoms with E-state index in [1.807, 2.05) is 12.3 Å². The molecule has 0 aliphatic rings. The van der Waals surface area contributed by atoms with Crippen molar-refractivity contribution >= 4 is 51.2 Å². The Morgan fingerprint density at radius 3 is 2.64 bits per heavy atom. The molecular formula is C20H21IN4. The Balaban J connectivity index is 1.76. The maximum atomic E-state index is 4.61. The summed E-state index contributed by atoms with van der Waals surface area (Å²) in [6, 6.07) is 14.6. The summed E-state index contributed by atoms with van der Waals surface area (Å²) in [6.45, 7) is 0.932. The van der Waals surface area contributed by atoms with Crippen molar-refractivity contribution < 1.29 is 0 Å². The topological polar surface area (TPSA) is 41.0 Å². The zero-order valence-electron chi connectivity index (χ0n) is 14.4. The van der Waals surface area contributed by atoms with E-state index in [-0.39, 0.29) is 0 Å². The Kier molecular flexibility index (Phi) is 5.99. The number of halogens is 1. The zero-order chi connectivity index (χ0) is 17.6. The first-order valence-electron chi connectivity index (χ1n) is 8.14. The van der Waals surface area contributed by atoms with Crippen LogP contribution in [0.3, 0.4) is 0 Å². The van der Waals surface area contributed by atoms with E-state index in [9.17, 15) is 0 Å². The third kappa shape index (κ3) is 4.99. The number of fused-ring (bicyclic) bond motifs is 1. The average molecular weight is 444 g/mol. The number of benzene rings is 2. The van der Waals surface area contributed by atoms with Gasteiger partial charge in [0.25, 0.3) is 0 Å². The van der Waals surface area contributed by atoms with Gasteiger partial charge in [0.15, 0.2) is 0 Å². The molecule has 0 aliphatic carbocycles. The number of aromatic nitrogens is 2. The van der Waals surface area contributed by atoms with Crippen LogP contribution in [0, 0.1) is 0 Å². The third-order valence-electron chi connectivity index (χ3n) is 3.71. The molecule has 2 aromatic carbocycles. The smallest absolute Gasteiger partial charge is 0.227 e. The van der Waals surface area contributed by atoms with E-state index < -0.39 is 0 Å². The number of allylic oxidation sites excluding steroid dienone is 1. The minimum atomic E-state index is 0.614. The van der Waals surface area contributed by atoms with Gasteiger partial charge in [-0.1, -0.05) is 52.9 Å². The van der Waals surface area contributed by atoms with Crippen LogP contribution in [0.15, 0.2) is 54.7 Å². The van der Waals surface area contributed by atoms with E-state index >= 15 is 0 Å². The summed E-state index contributed by atoms with van der Waals surface area (Å²) >= 11 is 2.33. The molecule has 1 N–H and O–H groups in total. The van der Waals surface area contributed by atoms with Crippen LogP contribution in [0.1, 0.15) is 11.1 Å². The summed E-state index contributed by atoms with van der Waals surface area (Å²) in [5.41, 5.74) is 4.38. The van der Waals surface area contributed by atoms with E-state index in [1.165, 1.54) is 11.1 Å². The lowest BCUT2D eigenvalue weighted by atomic mass is 10.1. The van der Waals surface area contributed by atoms with E-state index in [0.717, 1.165) is 27.6 Å². The number of hydrogen-bond donors (Lipinski definition) is 1. The van der Waals surface area contributed by atoms with Crippen molar-refractivity contribution in [3.8, 4) is 0 Å². The van der Waals surface area contributed by atoms with Crippen LogP contribution >= 0.6 is 22.6 Å². The normalized spacial score (nSPS) is 11.5. The van der Waals surface area contributed by atoms with Gasteiger partial charge in [-0.2, -0.15) is 0 Å². The van der Waals surface area contributed by atoms with Crippen LogP contribution in [0.4, 0.5) is 11.6 Å². The summed E-state index contributed by atoms with van der Waals surface area (Å²) in [7, 11) is 4.14. The van der Waals surface area contributed by atoms with Gasteiger partial charge >= 0.3 is 0 Å². The number of alkyl halides is 1. The van der Waals surface area contributed by atoms with Crippen molar-refractivity contribution in [3.63, 3.8) is 0 Å². The lowest BCUT2D eigenvalue weighted by molar-refractivity contribution is 0.402. The van der Waals surface area contributed by atoms with Crippen molar-refractivity contribution in [2.45, 2.75) is 6.54 Å². The fraction of sp³-hybridized carbons (Fsp3) is 0.200. The lowest BCUT2D eigenvalue weighted by Crippen LogP contribution is -2.10. The molecule has 4 nitrogen and oxygen atoms in total. The van der Waals surface area contributed by atoms with Gasteiger partial charge < -0.3 is 10.2 Å². The molecule has 0 radical (unpaired) electrons. The molecule has 3 aromatic rings. The van der Waals surface area contributed by atoms with Gasteiger partial charge in [0, 0.05) is 28.2 Å². The summed E-state index contributed by atoms with van der Waals surface area (Å²) in [4.78, 5) is 11.2. The molecule has 0 aliphatic heterocycles. The van der Waals surface area contributed by atoms with Crippen molar-refractivity contribution in [1.82, 2.24) is 14.9 Å². The highest BCUT2D eigenvalue weighted by molar-refractivity contribution is 14.1. The highest BCUT2D eigenvalue weighted by atomic mass is 127. The van der Waals surface area contributed by atoms with E-state index in [4.69, 9.17) is 0 Å². The Hall–Kier alpha value is -1.99. The number of rotatable bonds is 6. The first-order valence-corrected chi connectivity index (χ1v) is 9.66. The molecule has 128 valence electrons. The number of hydrogen-bond acceptors (Lipinski definition) is 4. The Bertz CT molecular complexity index is 873. The number of nitrogens with zero attached hydrogens (tertiary/aromatic N) is 3. The van der Waals surface area contributed by atoms with Crippen molar-refractivity contribution in [2.24, 2.45) is 0 Å². The molecular weight excluding hydrogens is 423 g/mol. The Morgan fingerprint density at radius 1 is 1.12 bits per heavy atom. The number of anilines is 2. The summed E-state index contributed by atoms with van der Waals surface area (Å²) in [5, 5.41) is 4.32. The van der Waals surface area contributed by atoms with Gasteiger partial charge in [-0.05, 0) is 49.5 Å². The van der Waals surface area contributed by atoms with E-state index in [0.29, 0.717) is 5.95 Å². The van der Waals surface area contributed by atoms with Crippen LogP contribution in [-0.4, -0.2) is 33.4 Å². The number of nitrogens with one attached hydrogen (secondary N) is 1. The minimum absolute atomic E-state index is 0.614. The quantitative estimate of drug-likeness (QED) is 0.435. The molecule has 25 heavy (non-hydrogen) atoms. The molecule has 0 atom stereocenters. The molecule has 5 heteroatoms. The van der Waals surface area contributed by atoms with Gasteiger partial charge in [0.1, 0.15) is 0 Å². The highest BCUT2D eigenvalue weighted by Crippen LogP contribution is 2.19. The van der Waals surface area contributed by atoms with Gasteiger partial charge in [0.2, 0.25) is 5.95 Å². The summed E-state index contributed by atoms with van der Waals surface area (Å²) < 4.78 is 1.00. The van der Waals surface area contributed by atoms with Gasteiger partial charge in [0.05, 0.1) is 5.52 Å². The van der Waals surface area contributed by atoms with Crippen LogP contribution in [0.5, 0.6) is 0 Å². The predicted molar refractivity (Wildman–Crippen MR) is 115 cm³/mol. The molecule has 0 bridgehead atoms. The molecule has 0 fully saturated rings. The van der Waals surface area contributed by atoms with Crippen LogP contribution in [0.2, 0.25) is 0 Å². The largest absolute Gasteiger partial charge is 0.324 e. The minimum Gasteiger partial charge on any atom is -0.324 e. The summed E-state index contributed by atoms with van der Waals surface area (Å²) in [5.74, 6) is 0.614. The average Bonchev–Trinajstić information content (AvgIpc) is 2.61. The molecule has 0 saturated heterocycles. The first-order chi connectivity index (χ1) is 12.1. The molecule has 1 heterocycles. The summed E-state index contributed by atoms with van der Waals surface area (Å²) in [6.07, 6.45) is 6.12. The van der Waals surface area contributed by atoms with Crippen LogP contribution in [0.25, 0.3) is 17.0 Å². The molecule has 3 rings (SSSR count). The molecule has 0 amide bonds. The van der Waals surface area contributed by atoms with E-state index in [2.05, 4.69) is 105 Å². The second-order valence-corrected chi connectivity index (χ2v) is 7.01. The van der Waals surface area contributed by atoms with Gasteiger partial charge in [-0.3, -0.25) is 0 Å². The fourth-order valence-electron chi connectivity index (χ4n) is 2.58. The first kappa shape index (κ1) is 17.8. The van der Waals surface area contributed by atoms with Crippen LogP contribution < -0.4 is 5.32 Å². The molecule has 0 unspecified atom stereocenters. The Morgan fingerprint density at radius 2 is 1.92 bits per heavy atom. The monoisotopic (exact) mass is 444 g/mol. The van der Waals surface area contributed by atoms with Crippen LogP contribution in [-0.2, 0) is 6.54 Å². The maximum Gasteiger partial charge on any atom is 0.227 e. The lowest BCUT2D eigenvalue weighted by Gasteiger charge is -2.10. The molecule has 0 saturated carbocycles. The standard InChI is InChI=1S/C20H21IN4/c1-25(2)14-16-5-8-18(9-6-16)23-20-22-13-17-12-15(4-3-11-21)7-10-19(17)24-20/h3-10,12-13H,11,14H2,1-2H3,(H,22,23,24)/b4-3+. The third-order valence-corrected chi connectivity index (χ3v) is 4.22. The van der Waals surface area contributed by atoms with E-state index in [1.54, 1.807) is 0 Å². The fourth-order valence-corrected chi connectivity index (χ4v) is 2.84. The zero-order valence-corrected chi connectivity index (χ0v) is 16.6. The SMILES string of the molecule is CN(C)Cc1ccc(Nc2ncc3cc(/C=C/CI)ccc3n2)cc1. The van der Waals surface area contributed by atoms with Gasteiger partial charge in [-0.15, -0.1) is 0 Å². The Labute approximate surface area is 162 Å². The maximum absolute atomic E-state index is 4.61. The second-order valence-electron chi connectivity index (χ2n) is 6.13. The van der Waals surface area contributed by atoms with Crippen molar-refractivity contribution in [1.29, 1.82) is 0 Å². The molecule has 0 spiro atoms. The van der Waals surface area contributed by atoms with Crippen molar-refractivity contribution in [2.75, 3.05) is 23.8 Å². The molecule has 1 aromatic heterocycles.